The van der Waals surface area contributed by atoms with Gasteiger partial charge >= 0.3 is 0 Å². The second-order valence-corrected chi connectivity index (χ2v) is 4.42. The molecule has 1 aromatic heterocycles. The molecule has 1 aromatic rings. The number of pyridine rings is 1. The zero-order valence-electron chi connectivity index (χ0n) is 9.55. The van der Waals surface area contributed by atoms with E-state index >= 15 is 0 Å². The first-order valence-electron chi connectivity index (χ1n) is 5.51. The summed E-state index contributed by atoms with van der Waals surface area (Å²) in [6, 6.07) is 3.44. The van der Waals surface area contributed by atoms with Crippen molar-refractivity contribution in [1.82, 2.24) is 9.88 Å². The molecule has 0 spiro atoms. The number of carbonyl (C=O) groups is 1. The van der Waals surface area contributed by atoms with Gasteiger partial charge < -0.3 is 10.0 Å². The van der Waals surface area contributed by atoms with Gasteiger partial charge in [-0.2, -0.15) is 0 Å². The van der Waals surface area contributed by atoms with E-state index in [4.69, 9.17) is 0 Å². The molecule has 0 aromatic carbocycles. The minimum absolute atomic E-state index is 0.00258. The van der Waals surface area contributed by atoms with Gasteiger partial charge in [0.25, 0.3) is 5.91 Å². The molecule has 0 unspecified atom stereocenters. The van der Waals surface area contributed by atoms with E-state index in [2.05, 4.69) is 4.98 Å². The summed E-state index contributed by atoms with van der Waals surface area (Å²) >= 11 is 0. The molecule has 2 heterocycles. The Balaban J connectivity index is 2.27. The van der Waals surface area contributed by atoms with E-state index in [0.29, 0.717) is 12.1 Å². The Kier molecular flexibility index (Phi) is 2.92. The van der Waals surface area contributed by atoms with E-state index in [9.17, 15) is 9.90 Å². The van der Waals surface area contributed by atoms with Crippen LogP contribution in [-0.2, 0) is 6.54 Å². The van der Waals surface area contributed by atoms with Crippen LogP contribution in [-0.4, -0.2) is 33.5 Å². The molecular formula is C12H16N2O2. The van der Waals surface area contributed by atoms with Crippen LogP contribution < -0.4 is 0 Å². The van der Waals surface area contributed by atoms with E-state index in [-0.39, 0.29) is 24.5 Å². The lowest BCUT2D eigenvalue weighted by atomic mass is 10.0. The number of rotatable bonds is 3. The molecule has 1 atom stereocenters. The number of aliphatic hydroxyl groups is 1. The number of nitrogens with zero attached hydrogens (tertiary/aromatic N) is 2. The summed E-state index contributed by atoms with van der Waals surface area (Å²) in [4.78, 5) is 18.0. The Labute approximate surface area is 94.9 Å². The monoisotopic (exact) mass is 220 g/mol. The summed E-state index contributed by atoms with van der Waals surface area (Å²) < 4.78 is 0. The number of hydrogen-bond donors (Lipinski definition) is 1. The third-order valence-electron chi connectivity index (χ3n) is 3.06. The van der Waals surface area contributed by atoms with Gasteiger partial charge in [-0.25, -0.2) is 0 Å². The Bertz CT molecular complexity index is 404. The van der Waals surface area contributed by atoms with Crippen molar-refractivity contribution in [3.63, 3.8) is 0 Å². The Hall–Kier alpha value is -1.42. The van der Waals surface area contributed by atoms with Gasteiger partial charge in [0.15, 0.2) is 0 Å². The third kappa shape index (κ3) is 1.69. The maximum absolute atomic E-state index is 12.1. The molecule has 0 bridgehead atoms. The van der Waals surface area contributed by atoms with Gasteiger partial charge in [-0.05, 0) is 18.1 Å². The van der Waals surface area contributed by atoms with Gasteiger partial charge in [0.05, 0.1) is 30.5 Å². The molecule has 1 N–H and O–H groups in total. The predicted octanol–water partition coefficient (Wildman–Crippen LogP) is 1.05. The molecule has 4 nitrogen and oxygen atoms in total. The van der Waals surface area contributed by atoms with Crippen LogP contribution in [0.5, 0.6) is 0 Å². The van der Waals surface area contributed by atoms with E-state index in [0.717, 1.165) is 5.69 Å². The number of amides is 1. The molecule has 0 aliphatic carbocycles. The molecule has 0 saturated heterocycles. The quantitative estimate of drug-likeness (QED) is 0.828. The number of fused-ring (bicyclic) bond motifs is 1. The van der Waals surface area contributed by atoms with Crippen LogP contribution in [0.3, 0.4) is 0 Å². The van der Waals surface area contributed by atoms with Crippen LogP contribution in [0.1, 0.15) is 29.9 Å². The van der Waals surface area contributed by atoms with Crippen molar-refractivity contribution < 1.29 is 9.90 Å². The highest BCUT2D eigenvalue weighted by atomic mass is 16.3. The second kappa shape index (κ2) is 4.22. The maximum Gasteiger partial charge on any atom is 0.256 e. The van der Waals surface area contributed by atoms with Gasteiger partial charge in [0, 0.05) is 6.20 Å². The SMILES string of the molecule is CC(C)[C@H](CO)N1Cc2ncccc2C1=O. The van der Waals surface area contributed by atoms with Gasteiger partial charge in [-0.1, -0.05) is 13.8 Å². The molecule has 0 radical (unpaired) electrons. The second-order valence-electron chi connectivity index (χ2n) is 4.42. The Morgan fingerprint density at radius 3 is 2.88 bits per heavy atom. The normalized spacial score (nSPS) is 16.8. The summed E-state index contributed by atoms with van der Waals surface area (Å²) in [7, 11) is 0. The van der Waals surface area contributed by atoms with Gasteiger partial charge in [-0.15, -0.1) is 0 Å². The van der Waals surface area contributed by atoms with Crippen molar-refractivity contribution >= 4 is 5.91 Å². The number of hydrogen-bond acceptors (Lipinski definition) is 3. The van der Waals surface area contributed by atoms with Gasteiger partial charge in [0.1, 0.15) is 0 Å². The molecular weight excluding hydrogens is 204 g/mol. The highest BCUT2D eigenvalue weighted by Crippen LogP contribution is 2.25. The minimum Gasteiger partial charge on any atom is -0.394 e. The lowest BCUT2D eigenvalue weighted by molar-refractivity contribution is 0.0531. The fourth-order valence-electron chi connectivity index (χ4n) is 2.08. The smallest absolute Gasteiger partial charge is 0.256 e. The highest BCUT2D eigenvalue weighted by Gasteiger charge is 2.34. The summed E-state index contributed by atoms with van der Waals surface area (Å²) in [5, 5.41) is 9.34. The van der Waals surface area contributed by atoms with E-state index in [1.165, 1.54) is 0 Å². The maximum atomic E-state index is 12.1. The first-order valence-corrected chi connectivity index (χ1v) is 5.51. The summed E-state index contributed by atoms with van der Waals surface area (Å²) in [6.07, 6.45) is 1.69. The van der Waals surface area contributed by atoms with Crippen molar-refractivity contribution in [3.05, 3.63) is 29.6 Å². The van der Waals surface area contributed by atoms with Gasteiger partial charge in [-0.3, -0.25) is 9.78 Å². The summed E-state index contributed by atoms with van der Waals surface area (Å²) in [6.45, 7) is 4.52. The average molecular weight is 220 g/mol. The van der Waals surface area contributed by atoms with Crippen LogP contribution in [0.4, 0.5) is 0 Å². The fraction of sp³-hybridized carbons (Fsp3) is 0.500. The van der Waals surface area contributed by atoms with Crippen LogP contribution in [0.2, 0.25) is 0 Å². The molecule has 86 valence electrons. The first kappa shape index (κ1) is 11.1. The van der Waals surface area contributed by atoms with E-state index in [1.807, 2.05) is 13.8 Å². The number of aromatic nitrogens is 1. The summed E-state index contributed by atoms with van der Waals surface area (Å²) in [5.41, 5.74) is 1.48. The first-order chi connectivity index (χ1) is 7.65. The van der Waals surface area contributed by atoms with Crippen LogP contribution in [0.25, 0.3) is 0 Å². The average Bonchev–Trinajstić information content (AvgIpc) is 2.58. The molecule has 2 rings (SSSR count). The molecule has 4 heteroatoms. The summed E-state index contributed by atoms with van der Waals surface area (Å²) in [5.74, 6) is 0.221. The number of carbonyl (C=O) groups excluding carboxylic acids is 1. The topological polar surface area (TPSA) is 53.4 Å². The third-order valence-corrected chi connectivity index (χ3v) is 3.06. The van der Waals surface area contributed by atoms with E-state index in [1.54, 1.807) is 23.2 Å². The van der Waals surface area contributed by atoms with Crippen LogP contribution in [0, 0.1) is 5.92 Å². The molecule has 1 aliphatic rings. The Morgan fingerprint density at radius 2 is 2.31 bits per heavy atom. The van der Waals surface area contributed by atoms with Crippen molar-refractivity contribution in [1.29, 1.82) is 0 Å². The van der Waals surface area contributed by atoms with Crippen molar-refractivity contribution in [2.75, 3.05) is 6.61 Å². The van der Waals surface area contributed by atoms with Crippen molar-refractivity contribution in [2.24, 2.45) is 5.92 Å². The Morgan fingerprint density at radius 1 is 1.56 bits per heavy atom. The number of aliphatic hydroxyl groups excluding tert-OH is 1. The zero-order chi connectivity index (χ0) is 11.7. The fourth-order valence-corrected chi connectivity index (χ4v) is 2.08. The lowest BCUT2D eigenvalue weighted by Crippen LogP contribution is -2.41. The molecule has 0 saturated carbocycles. The predicted molar refractivity (Wildman–Crippen MR) is 59.8 cm³/mol. The van der Waals surface area contributed by atoms with Crippen LogP contribution >= 0.6 is 0 Å². The molecule has 1 amide bonds. The van der Waals surface area contributed by atoms with Crippen LogP contribution in [0.15, 0.2) is 18.3 Å². The molecule has 16 heavy (non-hydrogen) atoms. The lowest BCUT2D eigenvalue weighted by Gasteiger charge is -2.28. The standard InChI is InChI=1S/C12H16N2O2/c1-8(2)11(7-15)14-6-10-9(12(14)16)4-3-5-13-10/h3-5,8,11,15H,6-7H2,1-2H3/t11-/m0/s1. The molecule has 1 aliphatic heterocycles. The van der Waals surface area contributed by atoms with E-state index < -0.39 is 0 Å². The highest BCUT2D eigenvalue weighted by molar-refractivity contribution is 5.97. The van der Waals surface area contributed by atoms with Crippen molar-refractivity contribution in [2.45, 2.75) is 26.4 Å². The largest absolute Gasteiger partial charge is 0.394 e. The van der Waals surface area contributed by atoms with Gasteiger partial charge in [0.2, 0.25) is 0 Å². The minimum atomic E-state index is -0.123. The van der Waals surface area contributed by atoms with Crippen molar-refractivity contribution in [3.8, 4) is 0 Å². The zero-order valence-corrected chi connectivity index (χ0v) is 9.55. The molecule has 0 fully saturated rings.